The zero-order valence-electron chi connectivity index (χ0n) is 33.2. The Labute approximate surface area is 358 Å². The first kappa shape index (κ1) is 35.5. The maximum atomic E-state index is 5.45. The SMILES string of the molecule is C1=CC2=c3c(n(-c4cc(-c5ccc(-c6ccccc6)cc5)nc(-c5ccccc5)n4)c4c(-c5ccc6c(c5)Sc5ccccc5N6c5ccccc5)cccc34)=CCC2C=C1. The molecule has 0 N–H and O–H groups in total. The summed E-state index contributed by atoms with van der Waals surface area (Å²) in [5.41, 5.74) is 13.6. The van der Waals surface area contributed by atoms with E-state index in [0.717, 1.165) is 51.4 Å². The third-order valence-corrected chi connectivity index (χ3v) is 13.2. The minimum Gasteiger partial charge on any atom is -0.308 e. The molecule has 3 heterocycles. The van der Waals surface area contributed by atoms with Gasteiger partial charge in [0.25, 0.3) is 0 Å². The second-order valence-corrected chi connectivity index (χ2v) is 16.8. The predicted octanol–water partition coefficient (Wildman–Crippen LogP) is 13.1. The van der Waals surface area contributed by atoms with Gasteiger partial charge in [-0.1, -0.05) is 182 Å². The number of benzene rings is 7. The summed E-state index contributed by atoms with van der Waals surface area (Å²) in [5.74, 6) is 1.87. The molecule has 7 aromatic carbocycles. The van der Waals surface area contributed by atoms with Crippen molar-refractivity contribution in [3.05, 3.63) is 217 Å². The molecule has 0 amide bonds. The quantitative estimate of drug-likeness (QED) is 0.168. The van der Waals surface area contributed by atoms with E-state index in [4.69, 9.17) is 9.97 Å². The lowest BCUT2D eigenvalue weighted by Gasteiger charge is -2.33. The van der Waals surface area contributed by atoms with Gasteiger partial charge in [0.05, 0.1) is 27.9 Å². The Morgan fingerprint density at radius 1 is 0.541 bits per heavy atom. The second-order valence-electron chi connectivity index (χ2n) is 15.7. The van der Waals surface area contributed by atoms with Crippen molar-refractivity contribution in [2.24, 2.45) is 5.92 Å². The number of rotatable bonds is 6. The van der Waals surface area contributed by atoms with Gasteiger partial charge in [-0.05, 0) is 65.1 Å². The standard InChI is InChI=1S/C56H38N4S/c1-4-15-37(16-5-1)38-27-29-40(30-28-38)47-36-53(58-56(57-47)41-18-6-2-7-19-41)60-50-34-31-39-17-10-11-22-44(39)54(50)46-24-14-23-45(55(46)60)42-32-33-49-52(35-42)61-51-26-13-12-25-48(51)59(49)43-20-8-3-9-21-43/h1-30,32-36,39H,31H2. The van der Waals surface area contributed by atoms with Crippen LogP contribution in [0.3, 0.4) is 0 Å². The van der Waals surface area contributed by atoms with Crippen LogP contribution in [0.15, 0.2) is 216 Å². The summed E-state index contributed by atoms with van der Waals surface area (Å²) < 4.78 is 2.42. The van der Waals surface area contributed by atoms with E-state index in [1.807, 2.05) is 17.8 Å². The van der Waals surface area contributed by atoms with Gasteiger partial charge in [0.1, 0.15) is 5.82 Å². The van der Waals surface area contributed by atoms with Gasteiger partial charge in [-0.25, -0.2) is 9.97 Å². The Morgan fingerprint density at radius 3 is 2.05 bits per heavy atom. The molecule has 9 aromatic rings. The Balaban J connectivity index is 1.10. The molecular weight excluding hydrogens is 761 g/mol. The van der Waals surface area contributed by atoms with E-state index in [1.54, 1.807) is 0 Å². The largest absolute Gasteiger partial charge is 0.308 e. The first-order valence-corrected chi connectivity index (χ1v) is 21.7. The highest BCUT2D eigenvalue weighted by Gasteiger charge is 2.27. The van der Waals surface area contributed by atoms with Crippen LogP contribution in [0.1, 0.15) is 6.42 Å². The van der Waals surface area contributed by atoms with E-state index in [0.29, 0.717) is 11.7 Å². The smallest absolute Gasteiger partial charge is 0.162 e. The maximum absolute atomic E-state index is 5.45. The summed E-state index contributed by atoms with van der Waals surface area (Å²) in [6.07, 6.45) is 12.4. The highest BCUT2D eigenvalue weighted by atomic mass is 32.2. The van der Waals surface area contributed by atoms with Crippen LogP contribution in [0.4, 0.5) is 17.1 Å². The van der Waals surface area contributed by atoms with Crippen molar-refractivity contribution >= 4 is 51.4 Å². The monoisotopic (exact) mass is 798 g/mol. The van der Waals surface area contributed by atoms with Gasteiger partial charge in [-0.2, -0.15) is 0 Å². The molecule has 3 aliphatic rings. The average Bonchev–Trinajstić information content (AvgIpc) is 3.69. The van der Waals surface area contributed by atoms with Crippen LogP contribution in [0.25, 0.3) is 73.3 Å². The van der Waals surface area contributed by atoms with Gasteiger partial charge >= 0.3 is 0 Å². The molecule has 0 fully saturated rings. The maximum Gasteiger partial charge on any atom is 0.162 e. The Morgan fingerprint density at radius 2 is 1.23 bits per heavy atom. The van der Waals surface area contributed by atoms with E-state index in [2.05, 4.69) is 216 Å². The Bertz CT molecular complexity index is 3350. The molecule has 5 heteroatoms. The van der Waals surface area contributed by atoms with Gasteiger partial charge < -0.3 is 4.90 Å². The van der Waals surface area contributed by atoms with Crippen LogP contribution >= 0.6 is 11.8 Å². The van der Waals surface area contributed by atoms with E-state index in [-0.39, 0.29) is 0 Å². The number of aromatic nitrogens is 3. The van der Waals surface area contributed by atoms with E-state index in [1.165, 1.54) is 53.8 Å². The molecule has 0 saturated carbocycles. The zero-order valence-corrected chi connectivity index (χ0v) is 34.0. The fraction of sp³-hybridized carbons (Fsp3) is 0.0357. The third kappa shape index (κ3) is 6.08. The minimum atomic E-state index is 0.327. The number of fused-ring (bicyclic) bond motifs is 6. The van der Waals surface area contributed by atoms with Crippen molar-refractivity contribution in [2.45, 2.75) is 16.2 Å². The van der Waals surface area contributed by atoms with Crippen LogP contribution < -0.4 is 15.5 Å². The highest BCUT2D eigenvalue weighted by molar-refractivity contribution is 7.99. The predicted molar refractivity (Wildman–Crippen MR) is 253 cm³/mol. The third-order valence-electron chi connectivity index (χ3n) is 12.1. The molecule has 0 radical (unpaired) electrons. The van der Waals surface area contributed by atoms with Crippen molar-refractivity contribution in [3.63, 3.8) is 0 Å². The summed E-state index contributed by atoms with van der Waals surface area (Å²) in [6.45, 7) is 0. The summed E-state index contributed by atoms with van der Waals surface area (Å²) in [5, 5.41) is 3.67. The molecule has 1 unspecified atom stereocenters. The van der Waals surface area contributed by atoms with Gasteiger partial charge in [0.2, 0.25) is 0 Å². The van der Waals surface area contributed by atoms with Crippen molar-refractivity contribution in [1.82, 2.24) is 14.5 Å². The molecule has 4 nitrogen and oxygen atoms in total. The van der Waals surface area contributed by atoms with Crippen LogP contribution in [-0.4, -0.2) is 14.5 Å². The molecule has 1 atom stereocenters. The van der Waals surface area contributed by atoms with Crippen LogP contribution in [0.5, 0.6) is 0 Å². The van der Waals surface area contributed by atoms with E-state index >= 15 is 0 Å². The van der Waals surface area contributed by atoms with E-state index < -0.39 is 0 Å². The van der Waals surface area contributed by atoms with Gasteiger partial charge in [0.15, 0.2) is 5.82 Å². The first-order valence-electron chi connectivity index (χ1n) is 20.9. The molecule has 2 aliphatic carbocycles. The summed E-state index contributed by atoms with van der Waals surface area (Å²) >= 11 is 1.84. The number of allylic oxidation sites excluding steroid dienone is 4. The summed E-state index contributed by atoms with van der Waals surface area (Å²) in [4.78, 5) is 15.6. The first-order chi connectivity index (χ1) is 30.2. The number of para-hydroxylation sites is 3. The van der Waals surface area contributed by atoms with Gasteiger partial charge in [-0.3, -0.25) is 4.57 Å². The fourth-order valence-corrected chi connectivity index (χ4v) is 10.4. The fourth-order valence-electron chi connectivity index (χ4n) is 9.28. The molecule has 2 aromatic heterocycles. The highest BCUT2D eigenvalue weighted by Crippen LogP contribution is 2.52. The Kier molecular flexibility index (Phi) is 8.53. The normalized spacial score (nSPS) is 14.9. The average molecular weight is 799 g/mol. The second kappa shape index (κ2) is 14.7. The molecule has 288 valence electrons. The van der Waals surface area contributed by atoms with Crippen LogP contribution in [0.2, 0.25) is 0 Å². The van der Waals surface area contributed by atoms with Crippen molar-refractivity contribution < 1.29 is 0 Å². The number of hydrogen-bond acceptors (Lipinski definition) is 4. The number of hydrogen-bond donors (Lipinski definition) is 0. The van der Waals surface area contributed by atoms with Gasteiger partial charge in [-0.15, -0.1) is 0 Å². The number of anilines is 3. The molecule has 12 rings (SSSR count). The molecule has 0 bridgehead atoms. The summed E-state index contributed by atoms with van der Waals surface area (Å²) in [6, 6.07) is 65.0. The van der Waals surface area contributed by atoms with Gasteiger partial charge in [0, 0.05) is 54.8 Å². The van der Waals surface area contributed by atoms with Crippen molar-refractivity contribution in [2.75, 3.05) is 4.90 Å². The molecule has 61 heavy (non-hydrogen) atoms. The van der Waals surface area contributed by atoms with Crippen LogP contribution in [-0.2, 0) is 0 Å². The minimum absolute atomic E-state index is 0.327. The molecule has 1 aliphatic heterocycles. The molecular formula is C56H38N4S. The topological polar surface area (TPSA) is 34.0 Å². The van der Waals surface area contributed by atoms with Crippen molar-refractivity contribution in [3.8, 4) is 50.7 Å². The van der Waals surface area contributed by atoms with Crippen LogP contribution in [0, 0.1) is 5.92 Å². The summed E-state index contributed by atoms with van der Waals surface area (Å²) in [7, 11) is 0. The number of nitrogens with zero attached hydrogens (tertiary/aromatic N) is 4. The lowest BCUT2D eigenvalue weighted by atomic mass is 9.86. The van der Waals surface area contributed by atoms with E-state index in [9.17, 15) is 0 Å². The lowest BCUT2D eigenvalue weighted by molar-refractivity contribution is 0.850. The van der Waals surface area contributed by atoms with Crippen molar-refractivity contribution in [1.29, 1.82) is 0 Å². The Hall–Kier alpha value is -7.47. The molecule has 0 spiro atoms. The molecule has 0 saturated heterocycles. The zero-order chi connectivity index (χ0) is 40.3. The lowest BCUT2D eigenvalue weighted by Crippen LogP contribution is -2.35.